The summed E-state index contributed by atoms with van der Waals surface area (Å²) in [5.74, 6) is -0.145. The number of nitrogens with one attached hydrogen (secondary N) is 1. The Morgan fingerprint density at radius 1 is 1.38 bits per heavy atom. The zero-order chi connectivity index (χ0) is 11.7. The number of rotatable bonds is 1. The Bertz CT molecular complexity index is 592. The van der Waals surface area contributed by atoms with E-state index in [1.165, 1.54) is 12.1 Å². The molecule has 4 nitrogen and oxygen atoms in total. The summed E-state index contributed by atoms with van der Waals surface area (Å²) in [4.78, 5) is 17.1. The van der Waals surface area contributed by atoms with Crippen molar-refractivity contribution in [3.05, 3.63) is 46.1 Å². The highest BCUT2D eigenvalue weighted by Crippen LogP contribution is 2.19. The number of H-pyrrole nitrogens is 1. The zero-order valence-electron chi connectivity index (χ0n) is 8.62. The number of benzene rings is 1. The van der Waals surface area contributed by atoms with Crippen LogP contribution in [0.15, 0.2) is 29.1 Å². The van der Waals surface area contributed by atoms with Gasteiger partial charge < -0.3 is 10.7 Å². The van der Waals surface area contributed by atoms with Crippen LogP contribution in [0.2, 0.25) is 0 Å². The molecule has 1 aromatic heterocycles. The van der Waals surface area contributed by atoms with Gasteiger partial charge in [0.05, 0.1) is 5.69 Å². The second-order valence-corrected chi connectivity index (χ2v) is 3.49. The largest absolute Gasteiger partial charge is 0.383 e. The van der Waals surface area contributed by atoms with E-state index in [-0.39, 0.29) is 11.6 Å². The van der Waals surface area contributed by atoms with E-state index < -0.39 is 5.69 Å². The molecule has 0 radical (unpaired) electrons. The molecule has 0 saturated heterocycles. The molecule has 0 aliphatic carbocycles. The second kappa shape index (κ2) is 3.77. The monoisotopic (exact) mass is 219 g/mol. The van der Waals surface area contributed by atoms with Gasteiger partial charge in [0.1, 0.15) is 11.6 Å². The molecule has 0 aliphatic rings. The number of aromatic amines is 1. The minimum absolute atomic E-state index is 0.140. The normalized spacial score (nSPS) is 10.4. The molecule has 5 heteroatoms. The highest BCUT2D eigenvalue weighted by molar-refractivity contribution is 5.62. The van der Waals surface area contributed by atoms with Gasteiger partial charge in [-0.2, -0.15) is 4.98 Å². The first-order chi connectivity index (χ1) is 7.56. The number of aryl methyl sites for hydroxylation is 1. The van der Waals surface area contributed by atoms with Crippen LogP contribution in [-0.2, 0) is 0 Å². The SMILES string of the molecule is Cc1cc(-c2cc(N)nc(=O)[nH]2)ccc1F. The van der Waals surface area contributed by atoms with E-state index in [1.54, 1.807) is 19.1 Å². The van der Waals surface area contributed by atoms with Crippen molar-refractivity contribution in [1.82, 2.24) is 9.97 Å². The Hall–Kier alpha value is -2.17. The summed E-state index contributed by atoms with van der Waals surface area (Å²) in [6, 6.07) is 6.10. The number of anilines is 1. The Balaban J connectivity index is 2.58. The molecule has 0 unspecified atom stereocenters. The lowest BCUT2D eigenvalue weighted by atomic mass is 10.1. The number of nitrogen functional groups attached to an aromatic ring is 1. The van der Waals surface area contributed by atoms with Crippen LogP contribution >= 0.6 is 0 Å². The van der Waals surface area contributed by atoms with Crippen LogP contribution < -0.4 is 11.4 Å². The molecule has 3 N–H and O–H groups in total. The van der Waals surface area contributed by atoms with Crippen LogP contribution in [0.25, 0.3) is 11.3 Å². The van der Waals surface area contributed by atoms with E-state index in [0.29, 0.717) is 16.8 Å². The number of nitrogens with two attached hydrogens (primary N) is 1. The molecule has 0 saturated carbocycles. The highest BCUT2D eigenvalue weighted by Gasteiger charge is 2.04. The molecular formula is C11H10FN3O. The van der Waals surface area contributed by atoms with Gasteiger partial charge in [-0.3, -0.25) is 0 Å². The summed E-state index contributed by atoms with van der Waals surface area (Å²) >= 11 is 0. The van der Waals surface area contributed by atoms with Crippen LogP contribution in [-0.4, -0.2) is 9.97 Å². The molecule has 2 aromatic rings. The first-order valence-corrected chi connectivity index (χ1v) is 4.69. The van der Waals surface area contributed by atoms with E-state index in [0.717, 1.165) is 0 Å². The van der Waals surface area contributed by atoms with Gasteiger partial charge in [-0.05, 0) is 36.2 Å². The van der Waals surface area contributed by atoms with Crippen LogP contribution in [0, 0.1) is 12.7 Å². The summed E-state index contributed by atoms with van der Waals surface area (Å²) in [6.07, 6.45) is 0. The lowest BCUT2D eigenvalue weighted by Gasteiger charge is -2.04. The van der Waals surface area contributed by atoms with Gasteiger partial charge in [-0.25, -0.2) is 9.18 Å². The standard InChI is InChI=1S/C11H10FN3O/c1-6-4-7(2-3-8(6)12)9-5-10(13)15-11(16)14-9/h2-5H,1H3,(H3,13,14,15,16). The van der Waals surface area contributed by atoms with Crippen molar-refractivity contribution in [1.29, 1.82) is 0 Å². The first-order valence-electron chi connectivity index (χ1n) is 4.69. The molecule has 0 aliphatic heterocycles. The number of nitrogens with zero attached hydrogens (tertiary/aromatic N) is 1. The third-order valence-electron chi connectivity index (χ3n) is 2.23. The molecular weight excluding hydrogens is 209 g/mol. The molecule has 0 fully saturated rings. The van der Waals surface area contributed by atoms with E-state index >= 15 is 0 Å². The molecule has 1 aromatic carbocycles. The lowest BCUT2D eigenvalue weighted by molar-refractivity contribution is 0.619. The van der Waals surface area contributed by atoms with Gasteiger partial charge >= 0.3 is 5.69 Å². The quantitative estimate of drug-likeness (QED) is 0.762. The van der Waals surface area contributed by atoms with Crippen molar-refractivity contribution in [3.63, 3.8) is 0 Å². The van der Waals surface area contributed by atoms with Crippen molar-refractivity contribution in [2.45, 2.75) is 6.92 Å². The number of hydrogen-bond donors (Lipinski definition) is 2. The van der Waals surface area contributed by atoms with Gasteiger partial charge in [0.25, 0.3) is 0 Å². The maximum Gasteiger partial charge on any atom is 0.347 e. The molecule has 0 bridgehead atoms. The smallest absolute Gasteiger partial charge is 0.347 e. The van der Waals surface area contributed by atoms with Gasteiger partial charge in [-0.15, -0.1) is 0 Å². The van der Waals surface area contributed by atoms with Gasteiger partial charge in [0, 0.05) is 6.07 Å². The van der Waals surface area contributed by atoms with Crippen LogP contribution in [0.3, 0.4) is 0 Å². The topological polar surface area (TPSA) is 71.8 Å². The van der Waals surface area contributed by atoms with Crippen LogP contribution in [0.1, 0.15) is 5.56 Å². The number of hydrogen-bond acceptors (Lipinski definition) is 3. The lowest BCUT2D eigenvalue weighted by Crippen LogP contribution is -2.13. The molecule has 2 rings (SSSR count). The Morgan fingerprint density at radius 3 is 2.75 bits per heavy atom. The Morgan fingerprint density at radius 2 is 2.12 bits per heavy atom. The highest BCUT2D eigenvalue weighted by atomic mass is 19.1. The van der Waals surface area contributed by atoms with Crippen molar-refractivity contribution >= 4 is 5.82 Å². The third kappa shape index (κ3) is 1.93. The molecule has 0 spiro atoms. The van der Waals surface area contributed by atoms with Crippen molar-refractivity contribution in [3.8, 4) is 11.3 Å². The minimum atomic E-state index is -0.517. The van der Waals surface area contributed by atoms with Crippen molar-refractivity contribution in [2.24, 2.45) is 0 Å². The van der Waals surface area contributed by atoms with Crippen molar-refractivity contribution in [2.75, 3.05) is 5.73 Å². The van der Waals surface area contributed by atoms with E-state index in [2.05, 4.69) is 9.97 Å². The van der Waals surface area contributed by atoms with E-state index in [1.807, 2.05) is 0 Å². The Labute approximate surface area is 91.0 Å². The molecule has 0 amide bonds. The summed E-state index contributed by atoms with van der Waals surface area (Å²) in [5.41, 5.74) is 6.68. The predicted molar refractivity (Wildman–Crippen MR) is 59.4 cm³/mol. The summed E-state index contributed by atoms with van der Waals surface area (Å²) < 4.78 is 13.1. The Kier molecular flexibility index (Phi) is 2.44. The fourth-order valence-corrected chi connectivity index (χ4v) is 1.44. The summed E-state index contributed by atoms with van der Waals surface area (Å²) in [6.45, 7) is 1.65. The molecule has 82 valence electrons. The van der Waals surface area contributed by atoms with Crippen LogP contribution in [0.5, 0.6) is 0 Å². The molecule has 0 atom stereocenters. The molecule has 1 heterocycles. The second-order valence-electron chi connectivity index (χ2n) is 3.49. The van der Waals surface area contributed by atoms with Crippen LogP contribution in [0.4, 0.5) is 10.2 Å². The maximum atomic E-state index is 13.1. The maximum absolute atomic E-state index is 13.1. The molecule has 16 heavy (non-hydrogen) atoms. The number of halogens is 1. The first kappa shape index (κ1) is 10.4. The third-order valence-corrected chi connectivity index (χ3v) is 2.23. The minimum Gasteiger partial charge on any atom is -0.383 e. The van der Waals surface area contributed by atoms with E-state index in [9.17, 15) is 9.18 Å². The summed E-state index contributed by atoms with van der Waals surface area (Å²) in [7, 11) is 0. The van der Waals surface area contributed by atoms with Gasteiger partial charge in [-0.1, -0.05) is 0 Å². The van der Waals surface area contributed by atoms with Crippen molar-refractivity contribution < 1.29 is 4.39 Å². The summed E-state index contributed by atoms with van der Waals surface area (Å²) in [5, 5.41) is 0. The zero-order valence-corrected chi connectivity index (χ0v) is 8.62. The van der Waals surface area contributed by atoms with Gasteiger partial charge in [0.15, 0.2) is 0 Å². The fraction of sp³-hybridized carbons (Fsp3) is 0.0909. The van der Waals surface area contributed by atoms with E-state index in [4.69, 9.17) is 5.73 Å². The predicted octanol–water partition coefficient (Wildman–Crippen LogP) is 1.47. The van der Waals surface area contributed by atoms with Gasteiger partial charge in [0.2, 0.25) is 0 Å². The fourth-order valence-electron chi connectivity index (χ4n) is 1.44. The average Bonchev–Trinajstić information content (AvgIpc) is 2.20. The number of aromatic nitrogens is 2. The average molecular weight is 219 g/mol.